The molecule has 2 N–H and O–H groups in total. The van der Waals surface area contributed by atoms with Crippen molar-refractivity contribution in [3.63, 3.8) is 0 Å². The van der Waals surface area contributed by atoms with Crippen LogP contribution in [-0.2, 0) is 16.4 Å². The number of sulfone groups is 1. The molecule has 0 aromatic heterocycles. The first-order valence-corrected chi connectivity index (χ1v) is 9.07. The maximum atomic E-state index is 11.4. The number of aliphatic hydroxyl groups is 1. The summed E-state index contributed by atoms with van der Waals surface area (Å²) in [5.41, 5.74) is 1.03. The molecule has 20 heavy (non-hydrogen) atoms. The highest BCUT2D eigenvalue weighted by molar-refractivity contribution is 9.10. The average molecular weight is 364 g/mol. The Morgan fingerprint density at radius 1 is 1.45 bits per heavy atom. The molecular formula is C13H18BrNO4S. The molecule has 1 saturated heterocycles. The van der Waals surface area contributed by atoms with Gasteiger partial charge in [-0.25, -0.2) is 8.42 Å². The van der Waals surface area contributed by atoms with Crippen LogP contribution in [0.3, 0.4) is 0 Å². The van der Waals surface area contributed by atoms with Crippen LogP contribution in [0.15, 0.2) is 22.7 Å². The summed E-state index contributed by atoms with van der Waals surface area (Å²) < 4.78 is 29.5. The molecular weight excluding hydrogens is 346 g/mol. The summed E-state index contributed by atoms with van der Waals surface area (Å²) in [5.74, 6) is 0.216. The lowest BCUT2D eigenvalue weighted by Gasteiger charge is -2.17. The van der Waals surface area contributed by atoms with Crippen LogP contribution in [0, 0.1) is 0 Å². The fraction of sp³-hybridized carbons (Fsp3) is 0.538. The highest BCUT2D eigenvalue weighted by atomic mass is 79.9. The molecule has 1 aliphatic rings. The average Bonchev–Trinajstić information content (AvgIpc) is 2.63. The van der Waals surface area contributed by atoms with Crippen molar-refractivity contribution in [3.05, 3.63) is 28.2 Å². The molecule has 0 bridgehead atoms. The van der Waals surface area contributed by atoms with Gasteiger partial charge in [0.05, 0.1) is 11.5 Å². The Hall–Kier alpha value is -0.630. The van der Waals surface area contributed by atoms with Gasteiger partial charge in [0.25, 0.3) is 0 Å². The van der Waals surface area contributed by atoms with Crippen LogP contribution in [0.5, 0.6) is 5.75 Å². The molecule has 1 fully saturated rings. The van der Waals surface area contributed by atoms with Crippen molar-refractivity contribution >= 4 is 25.8 Å². The third-order valence-electron chi connectivity index (χ3n) is 3.14. The first-order valence-electron chi connectivity index (χ1n) is 6.45. The van der Waals surface area contributed by atoms with Gasteiger partial charge in [0.1, 0.15) is 18.0 Å². The van der Waals surface area contributed by atoms with Gasteiger partial charge in [-0.15, -0.1) is 0 Å². The topological polar surface area (TPSA) is 75.6 Å². The van der Waals surface area contributed by atoms with Gasteiger partial charge in [-0.05, 0) is 30.3 Å². The maximum Gasteiger partial charge on any atom is 0.156 e. The minimum atomic E-state index is -3.19. The third-order valence-corrected chi connectivity index (χ3v) is 5.60. The number of ether oxygens (including phenoxy) is 1. The number of rotatable bonds is 5. The van der Waals surface area contributed by atoms with Crippen molar-refractivity contribution in [2.24, 2.45) is 0 Å². The van der Waals surface area contributed by atoms with E-state index in [-0.39, 0.29) is 11.5 Å². The zero-order valence-electron chi connectivity index (χ0n) is 11.2. The largest absolute Gasteiger partial charge is 0.487 e. The van der Waals surface area contributed by atoms with Crippen LogP contribution in [0.25, 0.3) is 0 Å². The van der Waals surface area contributed by atoms with Crippen LogP contribution in [0.2, 0.25) is 0 Å². The summed E-state index contributed by atoms with van der Waals surface area (Å²) in [4.78, 5) is 0. The summed E-state index contributed by atoms with van der Waals surface area (Å²) in [6.45, 7) is 3.57. The second kappa shape index (κ2) is 6.43. The lowest BCUT2D eigenvalue weighted by Crippen LogP contribution is -2.29. The molecule has 7 heteroatoms. The number of hydrogen-bond donors (Lipinski definition) is 2. The smallest absolute Gasteiger partial charge is 0.156 e. The van der Waals surface area contributed by atoms with Gasteiger partial charge in [-0.2, -0.15) is 0 Å². The van der Waals surface area contributed by atoms with Gasteiger partial charge in [0.2, 0.25) is 0 Å². The Morgan fingerprint density at radius 3 is 2.80 bits per heavy atom. The van der Waals surface area contributed by atoms with Gasteiger partial charge in [-0.3, -0.25) is 0 Å². The quantitative estimate of drug-likeness (QED) is 0.818. The monoisotopic (exact) mass is 363 g/mol. The van der Waals surface area contributed by atoms with E-state index in [1.807, 2.05) is 19.1 Å². The SMILES string of the molecule is CCNCc1cc(OC2CS(=O)(=O)CC2O)ccc1Br. The van der Waals surface area contributed by atoms with E-state index in [4.69, 9.17) is 4.74 Å². The summed E-state index contributed by atoms with van der Waals surface area (Å²) >= 11 is 3.46. The minimum absolute atomic E-state index is 0.132. The standard InChI is InChI=1S/C13H18BrNO4S/c1-2-15-6-9-5-10(3-4-11(9)14)19-13-8-20(17,18)7-12(13)16/h3-5,12-13,15-16H,2,6-8H2,1H3. The molecule has 0 saturated carbocycles. The van der Waals surface area contributed by atoms with Gasteiger partial charge in [-0.1, -0.05) is 22.9 Å². The van der Waals surface area contributed by atoms with Gasteiger partial charge < -0.3 is 15.2 Å². The number of benzene rings is 1. The molecule has 0 amide bonds. The first-order chi connectivity index (χ1) is 9.41. The third kappa shape index (κ3) is 3.94. The molecule has 1 aromatic carbocycles. The van der Waals surface area contributed by atoms with E-state index < -0.39 is 22.0 Å². The number of aliphatic hydroxyl groups excluding tert-OH is 1. The molecule has 5 nitrogen and oxygen atoms in total. The van der Waals surface area contributed by atoms with Gasteiger partial charge >= 0.3 is 0 Å². The fourth-order valence-electron chi connectivity index (χ4n) is 2.10. The second-order valence-corrected chi connectivity index (χ2v) is 7.84. The second-order valence-electron chi connectivity index (χ2n) is 4.83. The normalized spacial score (nSPS) is 24.8. The van der Waals surface area contributed by atoms with Crippen molar-refractivity contribution in [2.75, 3.05) is 18.1 Å². The van der Waals surface area contributed by atoms with Crippen molar-refractivity contribution in [1.82, 2.24) is 5.32 Å². The van der Waals surface area contributed by atoms with Crippen LogP contribution in [0.4, 0.5) is 0 Å². The minimum Gasteiger partial charge on any atom is -0.487 e. The summed E-state index contributed by atoms with van der Waals surface area (Å²) in [7, 11) is -3.19. The van der Waals surface area contributed by atoms with E-state index in [1.54, 1.807) is 6.07 Å². The Bertz CT molecular complexity index is 576. The molecule has 2 rings (SSSR count). The van der Waals surface area contributed by atoms with E-state index in [0.29, 0.717) is 12.3 Å². The summed E-state index contributed by atoms with van der Waals surface area (Å²) in [6.07, 6.45) is -1.64. The van der Waals surface area contributed by atoms with Crippen LogP contribution in [-0.4, -0.2) is 43.8 Å². The predicted molar refractivity (Wildman–Crippen MR) is 80.6 cm³/mol. The molecule has 0 spiro atoms. The van der Waals surface area contributed by atoms with Crippen LogP contribution < -0.4 is 10.1 Å². The predicted octanol–water partition coefficient (Wildman–Crippen LogP) is 1.10. The molecule has 0 radical (unpaired) electrons. The van der Waals surface area contributed by atoms with Crippen molar-refractivity contribution in [1.29, 1.82) is 0 Å². The molecule has 1 aliphatic heterocycles. The molecule has 112 valence electrons. The summed E-state index contributed by atoms with van der Waals surface area (Å²) in [5, 5.41) is 12.9. The lowest BCUT2D eigenvalue weighted by molar-refractivity contribution is 0.0737. The maximum absolute atomic E-state index is 11.4. The Kier molecular flexibility index (Phi) is 5.06. The number of nitrogens with one attached hydrogen (secondary N) is 1. The Labute approximate surface area is 127 Å². The van der Waals surface area contributed by atoms with E-state index in [1.165, 1.54) is 0 Å². The zero-order valence-corrected chi connectivity index (χ0v) is 13.6. The van der Waals surface area contributed by atoms with E-state index in [2.05, 4.69) is 21.2 Å². The van der Waals surface area contributed by atoms with E-state index >= 15 is 0 Å². The highest BCUT2D eigenvalue weighted by Gasteiger charge is 2.38. The fourth-order valence-corrected chi connectivity index (χ4v) is 4.15. The Morgan fingerprint density at radius 2 is 2.20 bits per heavy atom. The van der Waals surface area contributed by atoms with Crippen LogP contribution >= 0.6 is 15.9 Å². The number of halogens is 1. The van der Waals surface area contributed by atoms with Crippen molar-refractivity contribution in [2.45, 2.75) is 25.7 Å². The van der Waals surface area contributed by atoms with E-state index in [0.717, 1.165) is 16.6 Å². The molecule has 1 aromatic rings. The van der Waals surface area contributed by atoms with Crippen LogP contribution in [0.1, 0.15) is 12.5 Å². The van der Waals surface area contributed by atoms with Gasteiger partial charge in [0, 0.05) is 11.0 Å². The van der Waals surface area contributed by atoms with Crippen molar-refractivity contribution in [3.8, 4) is 5.75 Å². The summed E-state index contributed by atoms with van der Waals surface area (Å²) in [6, 6.07) is 5.47. The van der Waals surface area contributed by atoms with E-state index in [9.17, 15) is 13.5 Å². The molecule has 2 unspecified atom stereocenters. The molecule has 0 aliphatic carbocycles. The number of hydrogen-bond acceptors (Lipinski definition) is 5. The highest BCUT2D eigenvalue weighted by Crippen LogP contribution is 2.25. The molecule has 2 atom stereocenters. The Balaban J connectivity index is 2.10. The lowest BCUT2D eigenvalue weighted by atomic mass is 10.2. The molecule has 1 heterocycles. The first kappa shape index (κ1) is 15.8. The van der Waals surface area contributed by atoms with Gasteiger partial charge in [0.15, 0.2) is 9.84 Å². The zero-order chi connectivity index (χ0) is 14.8. The van der Waals surface area contributed by atoms with Crippen molar-refractivity contribution < 1.29 is 18.3 Å².